The number of nitrogens with one attached hydrogen (secondary N) is 2. The van der Waals surface area contributed by atoms with Gasteiger partial charge in [-0.25, -0.2) is 9.79 Å². The quantitative estimate of drug-likeness (QED) is 0.487. The minimum atomic E-state index is -0.497. The maximum Gasteiger partial charge on any atom is 0.410 e. The van der Waals surface area contributed by atoms with Crippen LogP contribution in [-0.4, -0.2) is 53.4 Å². The van der Waals surface area contributed by atoms with Crippen molar-refractivity contribution in [1.82, 2.24) is 15.5 Å². The van der Waals surface area contributed by atoms with E-state index in [1.165, 1.54) is 0 Å². The zero-order valence-corrected chi connectivity index (χ0v) is 19.1. The van der Waals surface area contributed by atoms with Crippen molar-refractivity contribution in [3.05, 3.63) is 35.4 Å². The van der Waals surface area contributed by atoms with Gasteiger partial charge >= 0.3 is 6.09 Å². The van der Waals surface area contributed by atoms with E-state index in [9.17, 15) is 9.90 Å². The first-order chi connectivity index (χ1) is 14.2. The Morgan fingerprint density at radius 3 is 2.33 bits per heavy atom. The van der Waals surface area contributed by atoms with E-state index in [0.717, 1.165) is 49.3 Å². The number of benzene rings is 1. The van der Waals surface area contributed by atoms with Crippen molar-refractivity contribution in [1.29, 1.82) is 0 Å². The summed E-state index contributed by atoms with van der Waals surface area (Å²) in [5.41, 5.74) is 1.65. The van der Waals surface area contributed by atoms with Gasteiger partial charge < -0.3 is 25.4 Å². The molecule has 0 spiro atoms. The molecule has 1 amide bonds. The van der Waals surface area contributed by atoms with E-state index in [1.807, 2.05) is 45.0 Å². The van der Waals surface area contributed by atoms with Crippen molar-refractivity contribution in [2.24, 2.45) is 4.99 Å². The smallest absolute Gasteiger partial charge is 0.410 e. The molecule has 1 aromatic rings. The molecule has 0 unspecified atom stereocenters. The van der Waals surface area contributed by atoms with Crippen LogP contribution in [0.1, 0.15) is 64.5 Å². The average Bonchev–Trinajstić information content (AvgIpc) is 2.68. The van der Waals surface area contributed by atoms with Crippen LogP contribution in [0, 0.1) is 0 Å². The molecular formula is C23H38N4O3. The second-order valence-electron chi connectivity index (χ2n) is 9.00. The molecule has 0 saturated heterocycles. The number of ether oxygens (including phenoxy) is 1. The van der Waals surface area contributed by atoms with Crippen molar-refractivity contribution in [2.75, 3.05) is 13.6 Å². The molecular weight excluding hydrogens is 380 g/mol. The van der Waals surface area contributed by atoms with E-state index in [4.69, 9.17) is 9.73 Å². The summed E-state index contributed by atoms with van der Waals surface area (Å²) >= 11 is 0. The Morgan fingerprint density at radius 2 is 1.77 bits per heavy atom. The molecule has 0 aliphatic heterocycles. The Kier molecular flexibility index (Phi) is 8.96. The molecule has 168 valence electrons. The zero-order valence-electron chi connectivity index (χ0n) is 19.1. The van der Waals surface area contributed by atoms with E-state index >= 15 is 0 Å². The molecule has 1 aliphatic rings. The Bertz CT molecular complexity index is 689. The molecule has 1 aromatic carbocycles. The number of aliphatic imine (C=N–C) groups is 1. The summed E-state index contributed by atoms with van der Waals surface area (Å²) in [5, 5.41) is 16.5. The molecule has 0 radical (unpaired) electrons. The van der Waals surface area contributed by atoms with Gasteiger partial charge in [0.15, 0.2) is 5.96 Å². The highest BCUT2D eigenvalue weighted by Gasteiger charge is 2.20. The summed E-state index contributed by atoms with van der Waals surface area (Å²) in [4.78, 5) is 18.4. The van der Waals surface area contributed by atoms with Crippen LogP contribution in [0.3, 0.4) is 0 Å². The first kappa shape index (κ1) is 24.0. The minimum Gasteiger partial charge on any atom is -0.444 e. The lowest BCUT2D eigenvalue weighted by atomic mass is 9.93. The van der Waals surface area contributed by atoms with Crippen LogP contribution < -0.4 is 10.6 Å². The lowest BCUT2D eigenvalue weighted by molar-refractivity contribution is 0.0285. The molecule has 30 heavy (non-hydrogen) atoms. The number of hydrogen-bond acceptors (Lipinski definition) is 4. The minimum absolute atomic E-state index is 0.157. The third kappa shape index (κ3) is 8.61. The van der Waals surface area contributed by atoms with E-state index < -0.39 is 5.60 Å². The Morgan fingerprint density at radius 1 is 1.17 bits per heavy atom. The fourth-order valence-corrected chi connectivity index (χ4v) is 3.33. The molecule has 1 fully saturated rings. The predicted molar refractivity (Wildman–Crippen MR) is 120 cm³/mol. The zero-order chi connectivity index (χ0) is 22.1. The number of hydrogen-bond donors (Lipinski definition) is 3. The summed E-state index contributed by atoms with van der Waals surface area (Å²) in [6.45, 7) is 9.52. The standard InChI is InChI=1S/C23H38N4O3/c1-6-24-21(26-19-11-13-20(28)14-12-19)25-15-17-7-9-18(10-8-17)16-27(5)22(29)30-23(2,3)4/h7-10,19-20,28H,6,11-16H2,1-5H3,(H2,24,25,26). The second kappa shape index (κ2) is 11.2. The van der Waals surface area contributed by atoms with Gasteiger partial charge in [-0.15, -0.1) is 0 Å². The first-order valence-corrected chi connectivity index (χ1v) is 10.9. The molecule has 0 bridgehead atoms. The van der Waals surface area contributed by atoms with Crippen LogP contribution in [-0.2, 0) is 17.8 Å². The third-order valence-electron chi connectivity index (χ3n) is 4.95. The second-order valence-corrected chi connectivity index (χ2v) is 9.00. The summed E-state index contributed by atoms with van der Waals surface area (Å²) < 4.78 is 5.39. The number of aliphatic hydroxyl groups is 1. The highest BCUT2D eigenvalue weighted by molar-refractivity contribution is 5.80. The molecule has 0 atom stereocenters. The number of aliphatic hydroxyl groups excluding tert-OH is 1. The summed E-state index contributed by atoms with van der Waals surface area (Å²) in [6, 6.07) is 8.49. The number of guanidine groups is 1. The predicted octanol–water partition coefficient (Wildman–Crippen LogP) is 3.41. The van der Waals surface area contributed by atoms with Crippen molar-refractivity contribution in [3.8, 4) is 0 Å². The normalized spacial score (nSPS) is 19.9. The summed E-state index contributed by atoms with van der Waals surface area (Å²) in [6.07, 6.45) is 3.13. The third-order valence-corrected chi connectivity index (χ3v) is 4.95. The van der Waals surface area contributed by atoms with E-state index in [2.05, 4.69) is 17.6 Å². The van der Waals surface area contributed by atoms with Crippen LogP contribution in [0.5, 0.6) is 0 Å². The fraction of sp³-hybridized carbons (Fsp3) is 0.652. The molecule has 1 aliphatic carbocycles. The maximum atomic E-state index is 12.1. The first-order valence-electron chi connectivity index (χ1n) is 10.9. The SMILES string of the molecule is CCNC(=NCc1ccc(CN(C)C(=O)OC(C)(C)C)cc1)NC1CCC(O)CC1. The van der Waals surface area contributed by atoms with E-state index in [1.54, 1.807) is 11.9 Å². The Balaban J connectivity index is 1.89. The Labute approximate surface area is 180 Å². The molecule has 7 nitrogen and oxygen atoms in total. The molecule has 2 rings (SSSR count). The van der Waals surface area contributed by atoms with Crippen LogP contribution in [0.15, 0.2) is 29.3 Å². The highest BCUT2D eigenvalue weighted by atomic mass is 16.6. The van der Waals surface area contributed by atoms with E-state index in [-0.39, 0.29) is 12.2 Å². The maximum absolute atomic E-state index is 12.1. The van der Waals surface area contributed by atoms with Gasteiger partial charge in [-0.2, -0.15) is 0 Å². The average molecular weight is 419 g/mol. The number of rotatable bonds is 6. The van der Waals surface area contributed by atoms with Gasteiger partial charge in [0.1, 0.15) is 5.60 Å². The number of nitrogens with zero attached hydrogens (tertiary/aromatic N) is 2. The Hall–Kier alpha value is -2.28. The number of carbonyl (C=O) groups is 1. The van der Waals surface area contributed by atoms with Crippen LogP contribution >= 0.6 is 0 Å². The van der Waals surface area contributed by atoms with Gasteiger partial charge in [0.2, 0.25) is 0 Å². The van der Waals surface area contributed by atoms with Crippen molar-refractivity contribution >= 4 is 12.1 Å². The van der Waals surface area contributed by atoms with E-state index in [0.29, 0.717) is 19.1 Å². The van der Waals surface area contributed by atoms with Crippen LogP contribution in [0.2, 0.25) is 0 Å². The topological polar surface area (TPSA) is 86.2 Å². The van der Waals surface area contributed by atoms with Gasteiger partial charge in [0.05, 0.1) is 12.6 Å². The lowest BCUT2D eigenvalue weighted by Gasteiger charge is -2.27. The number of carbonyl (C=O) groups excluding carboxylic acids is 1. The molecule has 7 heteroatoms. The van der Waals surface area contributed by atoms with Gasteiger partial charge in [0.25, 0.3) is 0 Å². The number of amides is 1. The summed E-state index contributed by atoms with van der Waals surface area (Å²) in [7, 11) is 1.74. The van der Waals surface area contributed by atoms with Gasteiger partial charge in [-0.3, -0.25) is 0 Å². The van der Waals surface area contributed by atoms with Gasteiger partial charge in [-0.1, -0.05) is 24.3 Å². The van der Waals surface area contributed by atoms with Crippen LogP contribution in [0.25, 0.3) is 0 Å². The molecule has 1 saturated carbocycles. The van der Waals surface area contributed by atoms with Crippen molar-refractivity contribution < 1.29 is 14.6 Å². The van der Waals surface area contributed by atoms with Gasteiger partial charge in [0, 0.05) is 26.2 Å². The fourth-order valence-electron chi connectivity index (χ4n) is 3.33. The largest absolute Gasteiger partial charge is 0.444 e. The van der Waals surface area contributed by atoms with Crippen molar-refractivity contribution in [2.45, 2.75) is 84.2 Å². The highest BCUT2D eigenvalue weighted by Crippen LogP contribution is 2.18. The van der Waals surface area contributed by atoms with Crippen LogP contribution in [0.4, 0.5) is 4.79 Å². The van der Waals surface area contributed by atoms with Gasteiger partial charge in [-0.05, 0) is 64.5 Å². The lowest BCUT2D eigenvalue weighted by Crippen LogP contribution is -2.45. The van der Waals surface area contributed by atoms with Crippen molar-refractivity contribution in [3.63, 3.8) is 0 Å². The molecule has 0 aromatic heterocycles. The summed E-state index contributed by atoms with van der Waals surface area (Å²) in [5.74, 6) is 0.813. The molecule has 0 heterocycles. The monoisotopic (exact) mass is 418 g/mol. The molecule has 3 N–H and O–H groups in total.